The van der Waals surface area contributed by atoms with Crippen molar-refractivity contribution in [2.24, 2.45) is 17.8 Å². The largest absolute Gasteiger partial charge is 0.471 e. The molecular formula is C10H14F3NO. The molecule has 0 saturated heterocycles. The van der Waals surface area contributed by atoms with Gasteiger partial charge >= 0.3 is 12.1 Å². The van der Waals surface area contributed by atoms with Gasteiger partial charge in [-0.25, -0.2) is 0 Å². The predicted molar refractivity (Wildman–Crippen MR) is 48.0 cm³/mol. The van der Waals surface area contributed by atoms with Crippen molar-refractivity contribution < 1.29 is 18.0 Å². The molecule has 15 heavy (non-hydrogen) atoms. The van der Waals surface area contributed by atoms with Gasteiger partial charge in [0.15, 0.2) is 0 Å². The summed E-state index contributed by atoms with van der Waals surface area (Å²) in [5, 5.41) is 1.99. The van der Waals surface area contributed by atoms with E-state index in [4.69, 9.17) is 0 Å². The van der Waals surface area contributed by atoms with Gasteiger partial charge < -0.3 is 5.32 Å². The fourth-order valence-electron chi connectivity index (χ4n) is 2.95. The zero-order valence-corrected chi connectivity index (χ0v) is 8.31. The number of hydrogen-bond donors (Lipinski definition) is 1. The summed E-state index contributed by atoms with van der Waals surface area (Å²) in [6, 6.07) is 0. The Bertz CT molecular complexity index is 264. The molecule has 5 heteroatoms. The third-order valence-corrected chi connectivity index (χ3v) is 3.67. The first kappa shape index (κ1) is 10.8. The zero-order valence-electron chi connectivity index (χ0n) is 8.31. The number of carbonyl (C=O) groups is 1. The third-order valence-electron chi connectivity index (χ3n) is 3.67. The van der Waals surface area contributed by atoms with Crippen LogP contribution in [0.4, 0.5) is 13.2 Å². The third kappa shape index (κ3) is 2.26. The molecule has 2 bridgehead atoms. The van der Waals surface area contributed by atoms with E-state index < -0.39 is 12.1 Å². The Hall–Kier alpha value is -0.740. The van der Waals surface area contributed by atoms with Crippen molar-refractivity contribution in [3.05, 3.63) is 0 Å². The first-order valence-corrected chi connectivity index (χ1v) is 5.32. The van der Waals surface area contributed by atoms with E-state index in [1.54, 1.807) is 0 Å². The van der Waals surface area contributed by atoms with Crippen LogP contribution >= 0.6 is 0 Å². The van der Waals surface area contributed by atoms with E-state index >= 15 is 0 Å². The van der Waals surface area contributed by atoms with E-state index in [1.165, 1.54) is 6.42 Å². The highest BCUT2D eigenvalue weighted by Gasteiger charge is 2.42. The fourth-order valence-corrected chi connectivity index (χ4v) is 2.95. The van der Waals surface area contributed by atoms with Crippen LogP contribution in [-0.2, 0) is 4.79 Å². The lowest BCUT2D eigenvalue weighted by Gasteiger charge is -2.22. The summed E-state index contributed by atoms with van der Waals surface area (Å²) in [6.45, 7) is 0.194. The normalized spacial score (nSPS) is 34.5. The van der Waals surface area contributed by atoms with Gasteiger partial charge in [-0.3, -0.25) is 4.79 Å². The van der Waals surface area contributed by atoms with E-state index in [0.29, 0.717) is 11.8 Å². The lowest BCUT2D eigenvalue weighted by Crippen LogP contribution is -2.40. The molecule has 2 rings (SSSR count). The van der Waals surface area contributed by atoms with Crippen LogP contribution < -0.4 is 5.32 Å². The molecule has 0 aromatic rings. The molecule has 2 aliphatic carbocycles. The lowest BCUT2D eigenvalue weighted by molar-refractivity contribution is -0.173. The van der Waals surface area contributed by atoms with Gasteiger partial charge in [-0.1, -0.05) is 6.42 Å². The Balaban J connectivity index is 1.77. The van der Waals surface area contributed by atoms with Crippen LogP contribution in [0.1, 0.15) is 25.7 Å². The van der Waals surface area contributed by atoms with Gasteiger partial charge in [0.2, 0.25) is 0 Å². The highest BCUT2D eigenvalue weighted by Crippen LogP contribution is 2.47. The van der Waals surface area contributed by atoms with Gasteiger partial charge in [0, 0.05) is 6.54 Å². The first-order valence-electron chi connectivity index (χ1n) is 5.32. The van der Waals surface area contributed by atoms with Crippen molar-refractivity contribution in [1.29, 1.82) is 0 Å². The number of amides is 1. The zero-order chi connectivity index (χ0) is 11.1. The minimum atomic E-state index is -4.74. The van der Waals surface area contributed by atoms with E-state index in [1.807, 2.05) is 5.32 Å². The number of carbonyl (C=O) groups excluding carboxylic acids is 1. The smallest absolute Gasteiger partial charge is 0.348 e. The minimum absolute atomic E-state index is 0.194. The number of hydrogen-bond acceptors (Lipinski definition) is 1. The average molecular weight is 221 g/mol. The summed E-state index contributed by atoms with van der Waals surface area (Å²) in [7, 11) is 0. The highest BCUT2D eigenvalue weighted by atomic mass is 19.4. The van der Waals surface area contributed by atoms with Gasteiger partial charge in [0.25, 0.3) is 0 Å². The lowest BCUT2D eigenvalue weighted by atomic mass is 9.89. The van der Waals surface area contributed by atoms with E-state index in [2.05, 4.69) is 0 Å². The molecule has 1 amide bonds. The quantitative estimate of drug-likeness (QED) is 0.760. The monoisotopic (exact) mass is 221 g/mol. The first-order chi connectivity index (χ1) is 6.97. The van der Waals surface area contributed by atoms with Gasteiger partial charge in [-0.05, 0) is 37.0 Å². The number of nitrogens with one attached hydrogen (secondary N) is 1. The number of alkyl halides is 3. The van der Waals surface area contributed by atoms with Crippen molar-refractivity contribution in [3.8, 4) is 0 Å². The SMILES string of the molecule is O=C(NC[C@H]1C[C@@H]2CC[C@H]1C2)C(F)(F)F. The standard InChI is InChI=1S/C10H14F3NO/c11-10(12,13)9(15)14-5-8-4-6-1-2-7(8)3-6/h6-8H,1-5H2,(H,14,15)/t6-,7+,8-/m1/s1. The summed E-state index contributed by atoms with van der Waals surface area (Å²) in [5.41, 5.74) is 0. The molecule has 1 N–H and O–H groups in total. The second-order valence-electron chi connectivity index (χ2n) is 4.64. The van der Waals surface area contributed by atoms with Crippen LogP contribution in [0, 0.1) is 17.8 Å². The molecule has 2 fully saturated rings. The predicted octanol–water partition coefficient (Wildman–Crippen LogP) is 2.10. The molecule has 0 aliphatic heterocycles. The topological polar surface area (TPSA) is 29.1 Å². The summed E-state index contributed by atoms with van der Waals surface area (Å²) in [4.78, 5) is 10.6. The Labute approximate surface area is 86.2 Å². The molecule has 0 aromatic heterocycles. The minimum Gasteiger partial charge on any atom is -0.348 e. The maximum Gasteiger partial charge on any atom is 0.471 e. The van der Waals surface area contributed by atoms with E-state index in [9.17, 15) is 18.0 Å². The van der Waals surface area contributed by atoms with E-state index in [0.717, 1.165) is 19.3 Å². The van der Waals surface area contributed by atoms with Crippen molar-refractivity contribution in [2.45, 2.75) is 31.9 Å². The highest BCUT2D eigenvalue weighted by molar-refractivity contribution is 5.81. The Morgan fingerprint density at radius 2 is 2.00 bits per heavy atom. The summed E-state index contributed by atoms with van der Waals surface area (Å²) >= 11 is 0. The van der Waals surface area contributed by atoms with Crippen molar-refractivity contribution >= 4 is 5.91 Å². The second kappa shape index (κ2) is 3.68. The maximum absolute atomic E-state index is 11.9. The molecule has 3 atom stereocenters. The molecule has 2 aliphatic rings. The van der Waals surface area contributed by atoms with Crippen LogP contribution in [0.5, 0.6) is 0 Å². The maximum atomic E-state index is 11.9. The van der Waals surface area contributed by atoms with Crippen molar-refractivity contribution in [2.75, 3.05) is 6.54 Å². The molecule has 0 radical (unpaired) electrons. The van der Waals surface area contributed by atoms with Crippen LogP contribution in [0.25, 0.3) is 0 Å². The molecular weight excluding hydrogens is 207 g/mol. The van der Waals surface area contributed by atoms with Gasteiger partial charge in [-0.2, -0.15) is 13.2 Å². The van der Waals surface area contributed by atoms with Gasteiger partial charge in [0.05, 0.1) is 0 Å². The van der Waals surface area contributed by atoms with Crippen molar-refractivity contribution in [3.63, 3.8) is 0 Å². The van der Waals surface area contributed by atoms with Gasteiger partial charge in [0.1, 0.15) is 0 Å². The Morgan fingerprint density at radius 1 is 1.27 bits per heavy atom. The molecule has 0 heterocycles. The number of rotatable bonds is 2. The van der Waals surface area contributed by atoms with Crippen LogP contribution in [0.3, 0.4) is 0 Å². The summed E-state index contributed by atoms with van der Waals surface area (Å²) in [6.07, 6.45) is -0.265. The fraction of sp³-hybridized carbons (Fsp3) is 0.900. The van der Waals surface area contributed by atoms with E-state index in [-0.39, 0.29) is 12.5 Å². The Morgan fingerprint density at radius 3 is 2.47 bits per heavy atom. The molecule has 2 saturated carbocycles. The molecule has 0 spiro atoms. The molecule has 86 valence electrons. The van der Waals surface area contributed by atoms with Gasteiger partial charge in [-0.15, -0.1) is 0 Å². The average Bonchev–Trinajstić information content (AvgIpc) is 2.73. The summed E-state index contributed by atoms with van der Waals surface area (Å²) in [5.74, 6) is -0.286. The van der Waals surface area contributed by atoms with Crippen LogP contribution in [0.2, 0.25) is 0 Å². The number of fused-ring (bicyclic) bond motifs is 2. The van der Waals surface area contributed by atoms with Crippen molar-refractivity contribution in [1.82, 2.24) is 5.32 Å². The van der Waals surface area contributed by atoms with Crippen LogP contribution in [0.15, 0.2) is 0 Å². The molecule has 2 nitrogen and oxygen atoms in total. The molecule has 0 aromatic carbocycles. The number of halogens is 3. The summed E-state index contributed by atoms with van der Waals surface area (Å²) < 4.78 is 35.7. The van der Waals surface area contributed by atoms with Crippen LogP contribution in [-0.4, -0.2) is 18.6 Å². The molecule has 0 unspecified atom stereocenters. The second-order valence-corrected chi connectivity index (χ2v) is 4.64. The Kier molecular flexibility index (Phi) is 2.64.